The molecule has 1 aliphatic heterocycles. The summed E-state index contributed by atoms with van der Waals surface area (Å²) in [7, 11) is 0. The Bertz CT molecular complexity index is 447. The molecule has 0 aromatic heterocycles. The van der Waals surface area contributed by atoms with E-state index in [0.29, 0.717) is 6.10 Å². The van der Waals surface area contributed by atoms with E-state index in [1.807, 2.05) is 0 Å². The van der Waals surface area contributed by atoms with Crippen LogP contribution in [0, 0.1) is 11.8 Å². The number of hydrogen-bond donors (Lipinski definition) is 0. The standard InChI is InChI=1S/C22H34O/c1-3-5-17-6-8-18(9-7-17)19-10-12-20(13-11-19)21-14-15-22(4-2)23-16-21/h6-9,19-22H,3-5,10-16H2,1-2H3. The van der Waals surface area contributed by atoms with Crippen molar-refractivity contribution in [2.75, 3.05) is 6.61 Å². The molecule has 2 unspecified atom stereocenters. The van der Waals surface area contributed by atoms with Crippen molar-refractivity contribution in [2.45, 2.75) is 83.7 Å². The Morgan fingerprint density at radius 3 is 2.13 bits per heavy atom. The molecule has 2 fully saturated rings. The van der Waals surface area contributed by atoms with Crippen LogP contribution in [0.1, 0.15) is 82.3 Å². The van der Waals surface area contributed by atoms with Crippen molar-refractivity contribution in [3.8, 4) is 0 Å². The van der Waals surface area contributed by atoms with Crippen LogP contribution in [0.3, 0.4) is 0 Å². The fourth-order valence-electron chi connectivity index (χ4n) is 4.69. The number of hydrogen-bond acceptors (Lipinski definition) is 1. The minimum atomic E-state index is 0.546. The second-order valence-corrected chi connectivity index (χ2v) is 7.80. The first kappa shape index (κ1) is 17.0. The average Bonchev–Trinajstić information content (AvgIpc) is 2.63. The first-order chi connectivity index (χ1) is 11.3. The SMILES string of the molecule is CCCc1ccc(C2CCC(C3CCC(CC)OC3)CC2)cc1. The fourth-order valence-corrected chi connectivity index (χ4v) is 4.69. The molecule has 2 atom stereocenters. The van der Waals surface area contributed by atoms with Gasteiger partial charge in [-0.05, 0) is 80.2 Å². The average molecular weight is 315 g/mol. The normalized spacial score (nSPS) is 31.9. The van der Waals surface area contributed by atoms with Crippen molar-refractivity contribution in [1.29, 1.82) is 0 Å². The highest BCUT2D eigenvalue weighted by Crippen LogP contribution is 2.41. The number of aryl methyl sites for hydroxylation is 1. The van der Waals surface area contributed by atoms with Crippen molar-refractivity contribution >= 4 is 0 Å². The van der Waals surface area contributed by atoms with E-state index in [4.69, 9.17) is 4.74 Å². The Morgan fingerprint density at radius 2 is 1.57 bits per heavy atom. The molecule has 1 aromatic carbocycles. The summed E-state index contributed by atoms with van der Waals surface area (Å²) >= 11 is 0. The van der Waals surface area contributed by atoms with Gasteiger partial charge in [0.2, 0.25) is 0 Å². The zero-order valence-corrected chi connectivity index (χ0v) is 15.1. The lowest BCUT2D eigenvalue weighted by molar-refractivity contribution is -0.0385. The summed E-state index contributed by atoms with van der Waals surface area (Å²) in [5, 5.41) is 0. The number of ether oxygens (including phenoxy) is 1. The van der Waals surface area contributed by atoms with Gasteiger partial charge in [0.25, 0.3) is 0 Å². The molecule has 0 spiro atoms. The van der Waals surface area contributed by atoms with Crippen molar-refractivity contribution in [3.05, 3.63) is 35.4 Å². The molecule has 0 bridgehead atoms. The summed E-state index contributed by atoms with van der Waals surface area (Å²) in [6.45, 7) is 5.54. The van der Waals surface area contributed by atoms with E-state index < -0.39 is 0 Å². The predicted octanol–water partition coefficient (Wildman–Crippen LogP) is 6.12. The second kappa shape index (κ2) is 8.33. The molecule has 0 radical (unpaired) electrons. The van der Waals surface area contributed by atoms with Gasteiger partial charge in [0.15, 0.2) is 0 Å². The van der Waals surface area contributed by atoms with Gasteiger partial charge in [0.05, 0.1) is 12.7 Å². The lowest BCUT2D eigenvalue weighted by atomic mass is 9.72. The molecule has 1 saturated heterocycles. The maximum atomic E-state index is 6.04. The van der Waals surface area contributed by atoms with Crippen LogP contribution in [0.15, 0.2) is 24.3 Å². The Balaban J connectivity index is 1.48. The molecule has 128 valence electrons. The molecule has 0 amide bonds. The van der Waals surface area contributed by atoms with E-state index >= 15 is 0 Å². The summed E-state index contributed by atoms with van der Waals surface area (Å²) in [6.07, 6.45) is 12.5. The Kier molecular flexibility index (Phi) is 6.16. The monoisotopic (exact) mass is 314 g/mol. The highest BCUT2D eigenvalue weighted by molar-refractivity contribution is 5.25. The van der Waals surface area contributed by atoms with Gasteiger partial charge in [-0.15, -0.1) is 0 Å². The van der Waals surface area contributed by atoms with Crippen molar-refractivity contribution in [1.82, 2.24) is 0 Å². The highest BCUT2D eigenvalue weighted by atomic mass is 16.5. The molecule has 3 rings (SSSR count). The minimum absolute atomic E-state index is 0.546. The van der Waals surface area contributed by atoms with Gasteiger partial charge in [-0.2, -0.15) is 0 Å². The van der Waals surface area contributed by atoms with E-state index in [1.54, 1.807) is 5.56 Å². The molecular formula is C22H34O. The lowest BCUT2D eigenvalue weighted by Crippen LogP contribution is -2.32. The zero-order chi connectivity index (χ0) is 16.1. The van der Waals surface area contributed by atoms with E-state index in [0.717, 1.165) is 24.4 Å². The minimum Gasteiger partial charge on any atom is -0.378 e. The second-order valence-electron chi connectivity index (χ2n) is 7.80. The van der Waals surface area contributed by atoms with Gasteiger partial charge in [0, 0.05) is 0 Å². The molecular weight excluding hydrogens is 280 g/mol. The van der Waals surface area contributed by atoms with Crippen LogP contribution in [0.4, 0.5) is 0 Å². The Hall–Kier alpha value is -0.820. The summed E-state index contributed by atoms with van der Waals surface area (Å²) in [5.74, 6) is 2.56. The molecule has 1 nitrogen and oxygen atoms in total. The van der Waals surface area contributed by atoms with Crippen molar-refractivity contribution < 1.29 is 4.74 Å². The molecule has 1 aliphatic carbocycles. The van der Waals surface area contributed by atoms with Crippen LogP contribution >= 0.6 is 0 Å². The van der Waals surface area contributed by atoms with E-state index in [2.05, 4.69) is 38.1 Å². The molecule has 1 aromatic rings. The van der Waals surface area contributed by atoms with E-state index in [9.17, 15) is 0 Å². The van der Waals surface area contributed by atoms with Crippen LogP contribution in [0.25, 0.3) is 0 Å². The van der Waals surface area contributed by atoms with Crippen LogP contribution in [0.2, 0.25) is 0 Å². The quantitative estimate of drug-likeness (QED) is 0.636. The van der Waals surface area contributed by atoms with E-state index in [1.165, 1.54) is 63.4 Å². The van der Waals surface area contributed by atoms with Gasteiger partial charge in [-0.25, -0.2) is 0 Å². The van der Waals surface area contributed by atoms with Crippen molar-refractivity contribution in [2.24, 2.45) is 11.8 Å². The van der Waals surface area contributed by atoms with Crippen LogP contribution < -0.4 is 0 Å². The zero-order valence-electron chi connectivity index (χ0n) is 15.1. The topological polar surface area (TPSA) is 9.23 Å². The molecule has 1 heterocycles. The van der Waals surface area contributed by atoms with Gasteiger partial charge in [0.1, 0.15) is 0 Å². The molecule has 0 N–H and O–H groups in total. The third-order valence-electron chi connectivity index (χ3n) is 6.29. The third-order valence-corrected chi connectivity index (χ3v) is 6.29. The highest BCUT2D eigenvalue weighted by Gasteiger charge is 2.31. The molecule has 1 heteroatoms. The predicted molar refractivity (Wildman–Crippen MR) is 97.9 cm³/mol. The van der Waals surface area contributed by atoms with Gasteiger partial charge in [-0.3, -0.25) is 0 Å². The van der Waals surface area contributed by atoms with E-state index in [-0.39, 0.29) is 0 Å². The smallest absolute Gasteiger partial charge is 0.0572 e. The number of rotatable bonds is 5. The van der Waals surface area contributed by atoms with Gasteiger partial charge < -0.3 is 4.74 Å². The van der Waals surface area contributed by atoms with Crippen LogP contribution in [-0.4, -0.2) is 12.7 Å². The van der Waals surface area contributed by atoms with Crippen molar-refractivity contribution in [3.63, 3.8) is 0 Å². The summed E-state index contributed by atoms with van der Waals surface area (Å²) < 4.78 is 6.04. The molecule has 23 heavy (non-hydrogen) atoms. The van der Waals surface area contributed by atoms with Crippen LogP contribution in [0.5, 0.6) is 0 Å². The largest absolute Gasteiger partial charge is 0.378 e. The fraction of sp³-hybridized carbons (Fsp3) is 0.727. The maximum Gasteiger partial charge on any atom is 0.0572 e. The van der Waals surface area contributed by atoms with Gasteiger partial charge >= 0.3 is 0 Å². The maximum absolute atomic E-state index is 6.04. The Labute approximate surface area is 142 Å². The van der Waals surface area contributed by atoms with Crippen LogP contribution in [-0.2, 0) is 11.2 Å². The third kappa shape index (κ3) is 4.38. The molecule has 2 aliphatic rings. The number of benzene rings is 1. The molecule has 1 saturated carbocycles. The van der Waals surface area contributed by atoms with Gasteiger partial charge in [-0.1, -0.05) is 44.5 Å². The first-order valence-electron chi connectivity index (χ1n) is 10.0. The Morgan fingerprint density at radius 1 is 0.870 bits per heavy atom. The summed E-state index contributed by atoms with van der Waals surface area (Å²) in [4.78, 5) is 0. The summed E-state index contributed by atoms with van der Waals surface area (Å²) in [6, 6.07) is 9.49. The summed E-state index contributed by atoms with van der Waals surface area (Å²) in [5.41, 5.74) is 3.07. The first-order valence-corrected chi connectivity index (χ1v) is 10.0. The lowest BCUT2D eigenvalue weighted by Gasteiger charge is -2.37.